The predicted octanol–water partition coefficient (Wildman–Crippen LogP) is 1.55. The third-order valence-corrected chi connectivity index (χ3v) is 4.09. The Bertz CT molecular complexity index is 615. The van der Waals surface area contributed by atoms with E-state index in [4.69, 9.17) is 0 Å². The Labute approximate surface area is 130 Å². The number of nitrogens with one attached hydrogen (secondary N) is 1. The van der Waals surface area contributed by atoms with Gasteiger partial charge in [0.1, 0.15) is 6.04 Å². The topological polar surface area (TPSA) is 52.6 Å². The first kappa shape index (κ1) is 14.8. The van der Waals surface area contributed by atoms with Gasteiger partial charge < -0.3 is 10.0 Å². The standard InChI is InChI=1S/C18H20N2O2/c21-13-16-17(19-11-14-7-3-1-4-8-14)18(22)20(16)12-15-9-5-2-6-10-15/h1-10,16-17,19,21H,11-13H2/t16-,17-/m0/s1. The van der Waals surface area contributed by atoms with Crippen molar-refractivity contribution in [3.05, 3.63) is 71.8 Å². The summed E-state index contributed by atoms with van der Waals surface area (Å²) in [5, 5.41) is 12.8. The molecule has 2 aromatic rings. The number of aliphatic hydroxyl groups is 1. The molecule has 1 aliphatic heterocycles. The zero-order valence-electron chi connectivity index (χ0n) is 12.4. The van der Waals surface area contributed by atoms with Crippen LogP contribution in [0.1, 0.15) is 11.1 Å². The van der Waals surface area contributed by atoms with E-state index in [1.54, 1.807) is 4.90 Å². The molecule has 0 aliphatic carbocycles. The second-order valence-corrected chi connectivity index (χ2v) is 5.55. The summed E-state index contributed by atoms with van der Waals surface area (Å²) in [5.41, 5.74) is 2.21. The zero-order chi connectivity index (χ0) is 15.4. The van der Waals surface area contributed by atoms with E-state index < -0.39 is 0 Å². The molecule has 2 atom stereocenters. The molecule has 1 fully saturated rings. The monoisotopic (exact) mass is 296 g/mol. The Hall–Kier alpha value is -2.17. The molecule has 0 bridgehead atoms. The quantitative estimate of drug-likeness (QED) is 0.795. The van der Waals surface area contributed by atoms with E-state index >= 15 is 0 Å². The van der Waals surface area contributed by atoms with Crippen LogP contribution in [0.25, 0.3) is 0 Å². The van der Waals surface area contributed by atoms with Crippen LogP contribution in [0.15, 0.2) is 60.7 Å². The van der Waals surface area contributed by atoms with Gasteiger partial charge in [-0.05, 0) is 11.1 Å². The number of carbonyl (C=O) groups excluding carboxylic acids is 1. The number of nitrogens with zero attached hydrogens (tertiary/aromatic N) is 1. The third-order valence-electron chi connectivity index (χ3n) is 4.09. The summed E-state index contributed by atoms with van der Waals surface area (Å²) >= 11 is 0. The Morgan fingerprint density at radius 1 is 0.955 bits per heavy atom. The fourth-order valence-electron chi connectivity index (χ4n) is 2.83. The molecule has 0 radical (unpaired) electrons. The average molecular weight is 296 g/mol. The van der Waals surface area contributed by atoms with Crippen LogP contribution in [0, 0.1) is 0 Å². The number of hydrogen-bond donors (Lipinski definition) is 2. The second kappa shape index (κ2) is 6.73. The van der Waals surface area contributed by atoms with Gasteiger partial charge in [0.05, 0.1) is 12.6 Å². The molecular formula is C18H20N2O2. The van der Waals surface area contributed by atoms with Crippen LogP contribution >= 0.6 is 0 Å². The fourth-order valence-corrected chi connectivity index (χ4v) is 2.83. The Morgan fingerprint density at radius 2 is 1.55 bits per heavy atom. The van der Waals surface area contributed by atoms with Crippen molar-refractivity contribution in [2.75, 3.05) is 6.61 Å². The van der Waals surface area contributed by atoms with Gasteiger partial charge in [0.25, 0.3) is 0 Å². The smallest absolute Gasteiger partial charge is 0.242 e. The summed E-state index contributed by atoms with van der Waals surface area (Å²) < 4.78 is 0. The van der Waals surface area contributed by atoms with E-state index in [1.165, 1.54) is 0 Å². The van der Waals surface area contributed by atoms with Crippen LogP contribution in [0.2, 0.25) is 0 Å². The summed E-state index contributed by atoms with van der Waals surface area (Å²) in [5.74, 6) is 0.0545. The molecule has 114 valence electrons. The summed E-state index contributed by atoms with van der Waals surface area (Å²) in [6, 6.07) is 19.4. The van der Waals surface area contributed by atoms with E-state index in [1.807, 2.05) is 60.7 Å². The first-order chi connectivity index (χ1) is 10.8. The highest BCUT2D eigenvalue weighted by molar-refractivity contribution is 5.89. The minimum Gasteiger partial charge on any atom is -0.394 e. The number of carbonyl (C=O) groups is 1. The number of likely N-dealkylation sites (tertiary alicyclic amines) is 1. The maximum absolute atomic E-state index is 12.3. The SMILES string of the molecule is O=C1[C@@H](NCc2ccccc2)[C@H](CO)N1Cc1ccccc1. The Balaban J connectivity index is 1.59. The lowest BCUT2D eigenvalue weighted by Gasteiger charge is -2.46. The molecule has 0 saturated carbocycles. The minimum absolute atomic E-state index is 0.0228. The number of β-lactam (4-membered cyclic amide) rings is 1. The number of aliphatic hydroxyl groups excluding tert-OH is 1. The number of rotatable bonds is 6. The van der Waals surface area contributed by atoms with Gasteiger partial charge in [0.15, 0.2) is 0 Å². The molecule has 1 heterocycles. The van der Waals surface area contributed by atoms with Crippen molar-refractivity contribution < 1.29 is 9.90 Å². The second-order valence-electron chi connectivity index (χ2n) is 5.55. The molecule has 22 heavy (non-hydrogen) atoms. The summed E-state index contributed by atoms with van der Waals surface area (Å²) in [6.45, 7) is 1.16. The van der Waals surface area contributed by atoms with E-state index in [0.29, 0.717) is 13.1 Å². The molecule has 0 unspecified atom stereocenters. The lowest BCUT2D eigenvalue weighted by atomic mass is 9.94. The van der Waals surface area contributed by atoms with E-state index in [2.05, 4.69) is 5.32 Å². The van der Waals surface area contributed by atoms with Crippen LogP contribution in [0.5, 0.6) is 0 Å². The van der Waals surface area contributed by atoms with Gasteiger partial charge in [-0.3, -0.25) is 10.1 Å². The molecule has 1 aliphatic rings. The van der Waals surface area contributed by atoms with Crippen molar-refractivity contribution >= 4 is 5.91 Å². The largest absolute Gasteiger partial charge is 0.394 e. The van der Waals surface area contributed by atoms with E-state index in [-0.39, 0.29) is 24.6 Å². The van der Waals surface area contributed by atoms with E-state index in [0.717, 1.165) is 11.1 Å². The highest BCUT2D eigenvalue weighted by Gasteiger charge is 2.46. The van der Waals surface area contributed by atoms with Gasteiger partial charge in [0, 0.05) is 13.1 Å². The lowest BCUT2D eigenvalue weighted by Crippen LogP contribution is -2.70. The van der Waals surface area contributed by atoms with Crippen LogP contribution < -0.4 is 5.32 Å². The van der Waals surface area contributed by atoms with Crippen LogP contribution in [-0.4, -0.2) is 34.6 Å². The highest BCUT2D eigenvalue weighted by atomic mass is 16.3. The summed E-state index contributed by atoms with van der Waals surface area (Å²) in [6.07, 6.45) is 0. The van der Waals surface area contributed by atoms with Crippen LogP contribution in [-0.2, 0) is 17.9 Å². The Kier molecular flexibility index (Phi) is 4.51. The maximum atomic E-state index is 12.3. The van der Waals surface area contributed by atoms with Gasteiger partial charge >= 0.3 is 0 Å². The maximum Gasteiger partial charge on any atom is 0.242 e. The van der Waals surface area contributed by atoms with Gasteiger partial charge in [0.2, 0.25) is 5.91 Å². The molecule has 3 rings (SSSR count). The number of benzene rings is 2. The number of amides is 1. The average Bonchev–Trinajstić information content (AvgIpc) is 2.58. The van der Waals surface area contributed by atoms with E-state index in [9.17, 15) is 9.90 Å². The highest BCUT2D eigenvalue weighted by Crippen LogP contribution is 2.23. The molecule has 2 N–H and O–H groups in total. The molecular weight excluding hydrogens is 276 g/mol. The lowest BCUT2D eigenvalue weighted by molar-refractivity contribution is -0.155. The Morgan fingerprint density at radius 3 is 2.14 bits per heavy atom. The van der Waals surface area contributed by atoms with Crippen molar-refractivity contribution in [3.8, 4) is 0 Å². The first-order valence-electron chi connectivity index (χ1n) is 7.52. The minimum atomic E-state index is -0.297. The van der Waals surface area contributed by atoms with Gasteiger partial charge in [-0.15, -0.1) is 0 Å². The molecule has 0 aromatic heterocycles. The van der Waals surface area contributed by atoms with Crippen molar-refractivity contribution in [3.63, 3.8) is 0 Å². The van der Waals surface area contributed by atoms with Gasteiger partial charge in [-0.2, -0.15) is 0 Å². The summed E-state index contributed by atoms with van der Waals surface area (Å²) in [4.78, 5) is 14.0. The zero-order valence-corrected chi connectivity index (χ0v) is 12.4. The van der Waals surface area contributed by atoms with Crippen molar-refractivity contribution in [2.24, 2.45) is 0 Å². The fraction of sp³-hybridized carbons (Fsp3) is 0.278. The molecule has 4 heteroatoms. The third kappa shape index (κ3) is 3.03. The van der Waals surface area contributed by atoms with Gasteiger partial charge in [-0.25, -0.2) is 0 Å². The van der Waals surface area contributed by atoms with Crippen molar-refractivity contribution in [1.29, 1.82) is 0 Å². The molecule has 1 amide bonds. The van der Waals surface area contributed by atoms with Gasteiger partial charge in [-0.1, -0.05) is 60.7 Å². The van der Waals surface area contributed by atoms with Crippen molar-refractivity contribution in [1.82, 2.24) is 10.2 Å². The first-order valence-corrected chi connectivity index (χ1v) is 7.52. The molecule has 0 spiro atoms. The molecule has 1 saturated heterocycles. The molecule has 4 nitrogen and oxygen atoms in total. The van der Waals surface area contributed by atoms with Crippen LogP contribution in [0.4, 0.5) is 0 Å². The predicted molar refractivity (Wildman–Crippen MR) is 84.9 cm³/mol. The summed E-state index contributed by atoms with van der Waals surface area (Å²) in [7, 11) is 0. The molecule has 2 aromatic carbocycles. The normalized spacial score (nSPS) is 20.8. The number of hydrogen-bond acceptors (Lipinski definition) is 3. The van der Waals surface area contributed by atoms with Crippen LogP contribution in [0.3, 0.4) is 0 Å². The van der Waals surface area contributed by atoms with Crippen molar-refractivity contribution in [2.45, 2.75) is 25.2 Å².